The molecule has 0 spiro atoms. The fourth-order valence-corrected chi connectivity index (χ4v) is 2.37. The molecule has 18 heavy (non-hydrogen) atoms. The zero-order valence-electron chi connectivity index (χ0n) is 11.2. The third-order valence-electron chi connectivity index (χ3n) is 3.32. The molecule has 0 fully saturated rings. The third kappa shape index (κ3) is 3.80. The summed E-state index contributed by atoms with van der Waals surface area (Å²) in [5.74, 6) is 0. The van der Waals surface area contributed by atoms with Gasteiger partial charge in [-0.05, 0) is 37.8 Å². The molecule has 0 amide bonds. The number of ether oxygens (including phenoxy) is 1. The van der Waals surface area contributed by atoms with Crippen LogP contribution in [0.4, 0.5) is 0 Å². The molecule has 1 unspecified atom stereocenters. The van der Waals surface area contributed by atoms with E-state index in [4.69, 9.17) is 4.74 Å². The van der Waals surface area contributed by atoms with Crippen molar-refractivity contribution in [3.05, 3.63) is 35.4 Å². The Labute approximate surface area is 109 Å². The smallest absolute Gasteiger partial charge is 0.0897 e. The first-order valence-electron chi connectivity index (χ1n) is 6.75. The minimum atomic E-state index is -0.420. The fraction of sp³-hybridized carbons (Fsp3) is 0.600. The molecule has 1 aromatic rings. The van der Waals surface area contributed by atoms with E-state index in [0.29, 0.717) is 19.2 Å². The number of hydrogen-bond donors (Lipinski definition) is 2. The number of hydrogen-bond acceptors (Lipinski definition) is 3. The van der Waals surface area contributed by atoms with Gasteiger partial charge in [0.1, 0.15) is 0 Å². The first-order valence-corrected chi connectivity index (χ1v) is 6.75. The molecule has 0 aliphatic heterocycles. The van der Waals surface area contributed by atoms with Gasteiger partial charge >= 0.3 is 0 Å². The standard InChI is InChI=1S/C15H23NO2/c1-11(2)18-10-15(17)9-16-14-7-12-5-3-4-6-13(12)8-14/h3-6,11,14-17H,7-10H2,1-2H3. The highest BCUT2D eigenvalue weighted by atomic mass is 16.5. The number of benzene rings is 1. The summed E-state index contributed by atoms with van der Waals surface area (Å²) in [4.78, 5) is 0. The monoisotopic (exact) mass is 249 g/mol. The molecule has 0 aromatic heterocycles. The van der Waals surface area contributed by atoms with Gasteiger partial charge in [-0.15, -0.1) is 0 Å². The molecule has 0 saturated carbocycles. The second-order valence-corrected chi connectivity index (χ2v) is 5.32. The summed E-state index contributed by atoms with van der Waals surface area (Å²) in [7, 11) is 0. The Kier molecular flexibility index (Phi) is 4.75. The van der Waals surface area contributed by atoms with Crippen molar-refractivity contribution in [2.24, 2.45) is 0 Å². The predicted molar refractivity (Wildman–Crippen MR) is 72.7 cm³/mol. The lowest BCUT2D eigenvalue weighted by atomic mass is 10.1. The molecular weight excluding hydrogens is 226 g/mol. The van der Waals surface area contributed by atoms with E-state index in [1.165, 1.54) is 11.1 Å². The van der Waals surface area contributed by atoms with Crippen LogP contribution in [0.3, 0.4) is 0 Å². The van der Waals surface area contributed by atoms with Crippen LogP contribution in [0.15, 0.2) is 24.3 Å². The topological polar surface area (TPSA) is 41.5 Å². The van der Waals surface area contributed by atoms with E-state index >= 15 is 0 Å². The molecule has 1 aliphatic carbocycles. The van der Waals surface area contributed by atoms with E-state index < -0.39 is 6.10 Å². The van der Waals surface area contributed by atoms with Crippen LogP contribution in [-0.4, -0.2) is 36.5 Å². The minimum Gasteiger partial charge on any atom is -0.389 e. The second kappa shape index (κ2) is 6.32. The van der Waals surface area contributed by atoms with E-state index in [2.05, 4.69) is 29.6 Å². The van der Waals surface area contributed by atoms with E-state index in [1.54, 1.807) is 0 Å². The maximum absolute atomic E-state index is 9.79. The Morgan fingerprint density at radius 3 is 2.44 bits per heavy atom. The first-order chi connectivity index (χ1) is 8.65. The molecule has 0 radical (unpaired) electrons. The highest BCUT2D eigenvalue weighted by molar-refractivity contribution is 5.33. The quantitative estimate of drug-likeness (QED) is 0.803. The molecule has 3 nitrogen and oxygen atoms in total. The highest BCUT2D eigenvalue weighted by Gasteiger charge is 2.20. The summed E-state index contributed by atoms with van der Waals surface area (Å²) in [6.45, 7) is 4.97. The molecule has 2 rings (SSSR count). The van der Waals surface area contributed by atoms with Crippen LogP contribution in [0.2, 0.25) is 0 Å². The Morgan fingerprint density at radius 2 is 1.89 bits per heavy atom. The summed E-state index contributed by atoms with van der Waals surface area (Å²) in [5, 5.41) is 13.2. The van der Waals surface area contributed by atoms with Gasteiger partial charge in [-0.2, -0.15) is 0 Å². The van der Waals surface area contributed by atoms with Crippen molar-refractivity contribution in [2.75, 3.05) is 13.2 Å². The van der Waals surface area contributed by atoms with Crippen LogP contribution in [0.1, 0.15) is 25.0 Å². The Balaban J connectivity index is 1.70. The van der Waals surface area contributed by atoms with Crippen molar-refractivity contribution in [2.45, 2.75) is 44.9 Å². The summed E-state index contributed by atoms with van der Waals surface area (Å²) in [6.07, 6.45) is 1.88. The van der Waals surface area contributed by atoms with E-state index in [9.17, 15) is 5.11 Å². The van der Waals surface area contributed by atoms with Crippen molar-refractivity contribution in [3.8, 4) is 0 Å². The Morgan fingerprint density at radius 1 is 1.28 bits per heavy atom. The number of aliphatic hydroxyl groups is 1. The van der Waals surface area contributed by atoms with E-state index in [0.717, 1.165) is 12.8 Å². The molecule has 0 saturated heterocycles. The van der Waals surface area contributed by atoms with Gasteiger partial charge < -0.3 is 15.2 Å². The van der Waals surface area contributed by atoms with Gasteiger partial charge in [0.2, 0.25) is 0 Å². The van der Waals surface area contributed by atoms with Gasteiger partial charge in [0.05, 0.1) is 18.8 Å². The molecule has 1 aromatic carbocycles. The lowest BCUT2D eigenvalue weighted by molar-refractivity contribution is 0.00555. The predicted octanol–water partition coefficient (Wildman–Crippen LogP) is 1.53. The van der Waals surface area contributed by atoms with Crippen molar-refractivity contribution in [1.82, 2.24) is 5.32 Å². The van der Waals surface area contributed by atoms with Gasteiger partial charge in [-0.3, -0.25) is 0 Å². The minimum absolute atomic E-state index is 0.176. The first kappa shape index (κ1) is 13.5. The van der Waals surface area contributed by atoms with Crippen molar-refractivity contribution in [3.63, 3.8) is 0 Å². The summed E-state index contributed by atoms with van der Waals surface area (Å²) in [5.41, 5.74) is 2.87. The largest absolute Gasteiger partial charge is 0.389 e. The van der Waals surface area contributed by atoms with E-state index in [-0.39, 0.29) is 6.10 Å². The molecule has 1 atom stereocenters. The average Bonchev–Trinajstić information content (AvgIpc) is 2.76. The molecule has 100 valence electrons. The molecule has 1 aliphatic rings. The van der Waals surface area contributed by atoms with Gasteiger partial charge in [-0.1, -0.05) is 24.3 Å². The van der Waals surface area contributed by atoms with Crippen LogP contribution in [0.25, 0.3) is 0 Å². The Bertz CT molecular complexity index is 354. The lowest BCUT2D eigenvalue weighted by Gasteiger charge is -2.17. The number of rotatable bonds is 6. The van der Waals surface area contributed by atoms with Gasteiger partial charge in [0.15, 0.2) is 0 Å². The van der Waals surface area contributed by atoms with Gasteiger partial charge in [0.25, 0.3) is 0 Å². The van der Waals surface area contributed by atoms with Gasteiger partial charge in [0, 0.05) is 12.6 Å². The highest BCUT2D eigenvalue weighted by Crippen LogP contribution is 2.21. The van der Waals surface area contributed by atoms with Crippen LogP contribution in [-0.2, 0) is 17.6 Å². The Hall–Kier alpha value is -0.900. The fourth-order valence-electron chi connectivity index (χ4n) is 2.37. The zero-order valence-corrected chi connectivity index (χ0v) is 11.2. The third-order valence-corrected chi connectivity index (χ3v) is 3.32. The summed E-state index contributed by atoms with van der Waals surface area (Å²) >= 11 is 0. The molecular formula is C15H23NO2. The second-order valence-electron chi connectivity index (χ2n) is 5.32. The number of nitrogens with one attached hydrogen (secondary N) is 1. The van der Waals surface area contributed by atoms with Crippen LogP contribution in [0, 0.1) is 0 Å². The summed E-state index contributed by atoms with van der Waals surface area (Å²) < 4.78 is 5.39. The molecule has 0 bridgehead atoms. The van der Waals surface area contributed by atoms with Gasteiger partial charge in [-0.25, -0.2) is 0 Å². The maximum Gasteiger partial charge on any atom is 0.0897 e. The number of aliphatic hydroxyl groups excluding tert-OH is 1. The lowest BCUT2D eigenvalue weighted by Crippen LogP contribution is -2.38. The zero-order chi connectivity index (χ0) is 13.0. The normalized spacial score (nSPS) is 17.1. The maximum atomic E-state index is 9.79. The average molecular weight is 249 g/mol. The van der Waals surface area contributed by atoms with Crippen molar-refractivity contribution >= 4 is 0 Å². The SMILES string of the molecule is CC(C)OCC(O)CNC1Cc2ccccc2C1. The van der Waals surface area contributed by atoms with Crippen LogP contribution >= 0.6 is 0 Å². The van der Waals surface area contributed by atoms with Crippen molar-refractivity contribution in [1.29, 1.82) is 0 Å². The molecule has 2 N–H and O–H groups in total. The molecule has 0 heterocycles. The van der Waals surface area contributed by atoms with Crippen LogP contribution in [0.5, 0.6) is 0 Å². The summed E-state index contributed by atoms with van der Waals surface area (Å²) in [6, 6.07) is 9.01. The van der Waals surface area contributed by atoms with Crippen molar-refractivity contribution < 1.29 is 9.84 Å². The van der Waals surface area contributed by atoms with Crippen LogP contribution < -0.4 is 5.32 Å². The van der Waals surface area contributed by atoms with E-state index in [1.807, 2.05) is 13.8 Å². The molecule has 3 heteroatoms. The number of fused-ring (bicyclic) bond motifs is 1.